The van der Waals surface area contributed by atoms with Gasteiger partial charge in [0.25, 0.3) is 0 Å². The SMILES string of the molecule is Cc1c(N)cnc(NCC2CCSC2)c1Br. The van der Waals surface area contributed by atoms with Crippen LogP contribution >= 0.6 is 27.7 Å². The Hall–Kier alpha value is -0.420. The average molecular weight is 302 g/mol. The second-order valence-corrected chi connectivity index (χ2v) is 6.05. The van der Waals surface area contributed by atoms with Crippen LogP contribution in [0.2, 0.25) is 0 Å². The Morgan fingerprint density at radius 3 is 3.19 bits per heavy atom. The van der Waals surface area contributed by atoms with Gasteiger partial charge in [-0.2, -0.15) is 11.8 Å². The molecule has 0 saturated carbocycles. The molecule has 5 heteroatoms. The Morgan fingerprint density at radius 2 is 2.50 bits per heavy atom. The smallest absolute Gasteiger partial charge is 0.140 e. The minimum atomic E-state index is 0.730. The van der Waals surface area contributed by atoms with E-state index in [2.05, 4.69) is 26.2 Å². The van der Waals surface area contributed by atoms with Crippen molar-refractivity contribution in [3.63, 3.8) is 0 Å². The fourth-order valence-corrected chi connectivity index (χ4v) is 3.46. The van der Waals surface area contributed by atoms with Gasteiger partial charge >= 0.3 is 0 Å². The van der Waals surface area contributed by atoms with Crippen LogP contribution in [0, 0.1) is 12.8 Å². The molecule has 1 atom stereocenters. The van der Waals surface area contributed by atoms with Crippen molar-refractivity contribution in [1.29, 1.82) is 0 Å². The predicted molar refractivity (Wildman–Crippen MR) is 75.0 cm³/mol. The topological polar surface area (TPSA) is 50.9 Å². The van der Waals surface area contributed by atoms with E-state index < -0.39 is 0 Å². The molecule has 2 rings (SSSR count). The van der Waals surface area contributed by atoms with Gasteiger partial charge < -0.3 is 11.1 Å². The van der Waals surface area contributed by atoms with E-state index >= 15 is 0 Å². The van der Waals surface area contributed by atoms with Crippen LogP contribution in [-0.4, -0.2) is 23.0 Å². The van der Waals surface area contributed by atoms with Gasteiger partial charge in [0.15, 0.2) is 0 Å². The number of pyridine rings is 1. The van der Waals surface area contributed by atoms with Crippen molar-refractivity contribution in [3.05, 3.63) is 16.2 Å². The lowest BCUT2D eigenvalue weighted by Gasteiger charge is -2.13. The first-order chi connectivity index (χ1) is 7.68. The average Bonchev–Trinajstić information content (AvgIpc) is 2.78. The fraction of sp³-hybridized carbons (Fsp3) is 0.545. The number of rotatable bonds is 3. The van der Waals surface area contributed by atoms with Gasteiger partial charge in [-0.1, -0.05) is 0 Å². The zero-order valence-corrected chi connectivity index (χ0v) is 11.7. The van der Waals surface area contributed by atoms with Crippen LogP contribution in [0.4, 0.5) is 11.5 Å². The molecule has 1 aliphatic rings. The minimum Gasteiger partial charge on any atom is -0.397 e. The molecule has 0 amide bonds. The molecule has 3 nitrogen and oxygen atoms in total. The first-order valence-electron chi connectivity index (χ1n) is 5.40. The van der Waals surface area contributed by atoms with Crippen molar-refractivity contribution in [2.24, 2.45) is 5.92 Å². The molecule has 0 spiro atoms. The van der Waals surface area contributed by atoms with Gasteiger partial charge in [-0.3, -0.25) is 0 Å². The summed E-state index contributed by atoms with van der Waals surface area (Å²) in [6.07, 6.45) is 3.02. The quantitative estimate of drug-likeness (QED) is 0.901. The highest BCUT2D eigenvalue weighted by Gasteiger charge is 2.16. The molecule has 0 aliphatic carbocycles. The number of hydrogen-bond donors (Lipinski definition) is 2. The molecule has 2 heterocycles. The lowest BCUT2D eigenvalue weighted by molar-refractivity contribution is 0.630. The van der Waals surface area contributed by atoms with E-state index in [9.17, 15) is 0 Å². The van der Waals surface area contributed by atoms with Gasteiger partial charge in [-0.15, -0.1) is 0 Å². The summed E-state index contributed by atoms with van der Waals surface area (Å²) in [5.74, 6) is 4.24. The van der Waals surface area contributed by atoms with Crippen LogP contribution in [0.3, 0.4) is 0 Å². The van der Waals surface area contributed by atoms with Gasteiger partial charge in [0.1, 0.15) is 5.82 Å². The van der Waals surface area contributed by atoms with E-state index in [4.69, 9.17) is 5.73 Å². The molecule has 1 unspecified atom stereocenters. The normalized spacial score (nSPS) is 20.0. The molecule has 1 saturated heterocycles. The van der Waals surface area contributed by atoms with E-state index in [1.54, 1.807) is 6.20 Å². The van der Waals surface area contributed by atoms with Crippen molar-refractivity contribution in [3.8, 4) is 0 Å². The van der Waals surface area contributed by atoms with Crippen molar-refractivity contribution < 1.29 is 0 Å². The molecular weight excluding hydrogens is 286 g/mol. The van der Waals surface area contributed by atoms with Crippen molar-refractivity contribution >= 4 is 39.2 Å². The zero-order valence-electron chi connectivity index (χ0n) is 9.29. The number of halogens is 1. The van der Waals surface area contributed by atoms with Crippen molar-refractivity contribution in [2.45, 2.75) is 13.3 Å². The molecule has 3 N–H and O–H groups in total. The van der Waals surface area contributed by atoms with Crippen LogP contribution in [0.1, 0.15) is 12.0 Å². The van der Waals surface area contributed by atoms with Crippen molar-refractivity contribution in [2.75, 3.05) is 29.1 Å². The monoisotopic (exact) mass is 301 g/mol. The van der Waals surface area contributed by atoms with E-state index in [0.29, 0.717) is 0 Å². The predicted octanol–water partition coefficient (Wildman–Crippen LogP) is 2.90. The maximum atomic E-state index is 5.78. The summed E-state index contributed by atoms with van der Waals surface area (Å²) in [5.41, 5.74) is 7.57. The number of anilines is 2. The molecule has 0 aromatic carbocycles. The largest absolute Gasteiger partial charge is 0.397 e. The summed E-state index contributed by atoms with van der Waals surface area (Å²) >= 11 is 5.57. The summed E-state index contributed by atoms with van der Waals surface area (Å²) in [6, 6.07) is 0. The Labute approximate surface area is 109 Å². The highest BCUT2D eigenvalue weighted by atomic mass is 79.9. The standard InChI is InChI=1S/C11H16BrN3S/c1-7-9(13)5-15-11(10(7)12)14-4-8-2-3-16-6-8/h5,8H,2-4,6,13H2,1H3,(H,14,15). The van der Waals surface area contributed by atoms with E-state index in [-0.39, 0.29) is 0 Å². The van der Waals surface area contributed by atoms with Crippen LogP contribution in [0.25, 0.3) is 0 Å². The van der Waals surface area contributed by atoms with Crippen LogP contribution in [0.5, 0.6) is 0 Å². The summed E-state index contributed by atoms with van der Waals surface area (Å²) < 4.78 is 0.984. The number of hydrogen-bond acceptors (Lipinski definition) is 4. The lowest BCUT2D eigenvalue weighted by atomic mass is 10.1. The second kappa shape index (κ2) is 5.27. The van der Waals surface area contributed by atoms with Crippen LogP contribution in [-0.2, 0) is 0 Å². The summed E-state index contributed by atoms with van der Waals surface area (Å²) in [5, 5.41) is 3.40. The first kappa shape index (κ1) is 12.0. The highest BCUT2D eigenvalue weighted by molar-refractivity contribution is 9.10. The molecule has 1 aliphatic heterocycles. The maximum absolute atomic E-state index is 5.78. The van der Waals surface area contributed by atoms with Gasteiger partial charge in [0.2, 0.25) is 0 Å². The second-order valence-electron chi connectivity index (χ2n) is 4.11. The van der Waals surface area contributed by atoms with Crippen LogP contribution < -0.4 is 11.1 Å². The summed E-state index contributed by atoms with van der Waals surface area (Å²) in [4.78, 5) is 4.31. The van der Waals surface area contributed by atoms with Gasteiger partial charge in [-0.05, 0) is 52.3 Å². The first-order valence-corrected chi connectivity index (χ1v) is 7.35. The van der Waals surface area contributed by atoms with E-state index in [1.165, 1.54) is 17.9 Å². The van der Waals surface area contributed by atoms with Crippen molar-refractivity contribution in [1.82, 2.24) is 4.98 Å². The van der Waals surface area contributed by atoms with Crippen LogP contribution in [0.15, 0.2) is 10.7 Å². The molecule has 1 fully saturated rings. The van der Waals surface area contributed by atoms with Gasteiger partial charge in [0.05, 0.1) is 16.4 Å². The Bertz CT molecular complexity index is 378. The van der Waals surface area contributed by atoms with Gasteiger partial charge in [0, 0.05) is 6.54 Å². The number of nitrogens with zero attached hydrogens (tertiary/aromatic N) is 1. The number of aromatic nitrogens is 1. The molecule has 16 heavy (non-hydrogen) atoms. The Balaban J connectivity index is 2.01. The molecule has 1 aromatic heterocycles. The number of nitrogen functional groups attached to an aromatic ring is 1. The Morgan fingerprint density at radius 1 is 1.69 bits per heavy atom. The lowest BCUT2D eigenvalue weighted by Crippen LogP contribution is -2.15. The molecule has 0 bridgehead atoms. The highest BCUT2D eigenvalue weighted by Crippen LogP contribution is 2.29. The molecule has 0 radical (unpaired) electrons. The van der Waals surface area contributed by atoms with E-state index in [1.807, 2.05) is 18.7 Å². The molecule has 1 aromatic rings. The maximum Gasteiger partial charge on any atom is 0.140 e. The Kier molecular flexibility index (Phi) is 3.97. The summed E-state index contributed by atoms with van der Waals surface area (Å²) in [6.45, 7) is 3.00. The molecular formula is C11H16BrN3S. The number of thioether (sulfide) groups is 1. The third kappa shape index (κ3) is 2.63. The fourth-order valence-electron chi connectivity index (χ4n) is 1.70. The number of nitrogens with two attached hydrogens (primary N) is 1. The summed E-state index contributed by atoms with van der Waals surface area (Å²) in [7, 11) is 0. The van der Waals surface area contributed by atoms with E-state index in [0.717, 1.165) is 34.0 Å². The zero-order chi connectivity index (χ0) is 11.5. The third-order valence-corrected chi connectivity index (χ3v) is 5.09. The third-order valence-electron chi connectivity index (χ3n) is 2.89. The molecule has 88 valence electrons. The minimum absolute atomic E-state index is 0.730. The number of nitrogens with one attached hydrogen (secondary N) is 1. The van der Waals surface area contributed by atoms with Gasteiger partial charge in [-0.25, -0.2) is 4.98 Å².